The molecule has 2 amide bonds. The molecule has 6 nitrogen and oxygen atoms in total. The molecule has 2 aliphatic rings. The van der Waals surface area contributed by atoms with Crippen molar-refractivity contribution in [2.45, 2.75) is 38.3 Å². The Morgan fingerprint density at radius 1 is 1.29 bits per heavy atom. The molecule has 0 spiro atoms. The monoisotopic (exact) mass is 315 g/mol. The maximum atomic E-state index is 12.3. The number of likely N-dealkylation sites (tertiary alicyclic amines) is 1. The summed E-state index contributed by atoms with van der Waals surface area (Å²) in [6, 6.07) is -0.905. The van der Waals surface area contributed by atoms with Gasteiger partial charge in [-0.15, -0.1) is 0 Å². The topological polar surface area (TPSA) is 72.9 Å². The zero-order chi connectivity index (χ0) is 15.2. The number of piperidine rings is 1. The standard InChI is InChI=1S/C14H25N3O3S/c1-11(9-16-5-3-2-4-6-16)15-14(20)17-7-8-21-10-12(17)13(18)19/h11-12H,2-10H2,1H3,(H,15,20)(H,18,19). The number of hydrogen-bond acceptors (Lipinski definition) is 4. The molecule has 2 fully saturated rings. The van der Waals surface area contributed by atoms with Crippen LogP contribution in [-0.2, 0) is 4.79 Å². The highest BCUT2D eigenvalue weighted by Gasteiger charge is 2.32. The quantitative estimate of drug-likeness (QED) is 0.812. The molecule has 2 atom stereocenters. The Balaban J connectivity index is 1.82. The van der Waals surface area contributed by atoms with Crippen molar-refractivity contribution in [2.24, 2.45) is 0 Å². The van der Waals surface area contributed by atoms with E-state index >= 15 is 0 Å². The van der Waals surface area contributed by atoms with Crippen LogP contribution >= 0.6 is 11.8 Å². The first-order chi connectivity index (χ1) is 10.1. The highest BCUT2D eigenvalue weighted by molar-refractivity contribution is 7.99. The van der Waals surface area contributed by atoms with Crippen molar-refractivity contribution in [3.8, 4) is 0 Å². The van der Waals surface area contributed by atoms with E-state index in [4.69, 9.17) is 0 Å². The predicted molar refractivity (Wildman–Crippen MR) is 83.7 cm³/mol. The summed E-state index contributed by atoms with van der Waals surface area (Å²) in [6.45, 7) is 5.52. The first-order valence-corrected chi connectivity index (χ1v) is 8.83. The van der Waals surface area contributed by atoms with Gasteiger partial charge in [0.2, 0.25) is 0 Å². The zero-order valence-electron chi connectivity index (χ0n) is 12.6. The fraction of sp³-hybridized carbons (Fsp3) is 0.857. The molecule has 2 saturated heterocycles. The minimum Gasteiger partial charge on any atom is -0.480 e. The Morgan fingerprint density at radius 3 is 2.67 bits per heavy atom. The van der Waals surface area contributed by atoms with Gasteiger partial charge in [-0.3, -0.25) is 0 Å². The molecular formula is C14H25N3O3S. The highest BCUT2D eigenvalue weighted by Crippen LogP contribution is 2.17. The Morgan fingerprint density at radius 2 is 2.00 bits per heavy atom. The van der Waals surface area contributed by atoms with E-state index in [1.54, 1.807) is 11.8 Å². The average Bonchev–Trinajstić information content (AvgIpc) is 2.48. The summed E-state index contributed by atoms with van der Waals surface area (Å²) < 4.78 is 0. The summed E-state index contributed by atoms with van der Waals surface area (Å²) in [4.78, 5) is 27.4. The molecule has 0 aliphatic carbocycles. The van der Waals surface area contributed by atoms with Gasteiger partial charge in [0.1, 0.15) is 6.04 Å². The number of urea groups is 1. The molecule has 120 valence electrons. The molecule has 2 unspecified atom stereocenters. The van der Waals surface area contributed by atoms with Crippen molar-refractivity contribution in [3.05, 3.63) is 0 Å². The van der Waals surface area contributed by atoms with Gasteiger partial charge in [-0.25, -0.2) is 9.59 Å². The highest BCUT2D eigenvalue weighted by atomic mass is 32.2. The van der Waals surface area contributed by atoms with Gasteiger partial charge in [0.05, 0.1) is 0 Å². The number of amides is 2. The number of nitrogens with zero attached hydrogens (tertiary/aromatic N) is 2. The number of aliphatic carboxylic acids is 1. The van der Waals surface area contributed by atoms with Crippen molar-refractivity contribution in [1.82, 2.24) is 15.1 Å². The maximum Gasteiger partial charge on any atom is 0.327 e. The lowest BCUT2D eigenvalue weighted by molar-refractivity contribution is -0.141. The van der Waals surface area contributed by atoms with Gasteiger partial charge in [0.15, 0.2) is 0 Å². The van der Waals surface area contributed by atoms with Crippen LogP contribution in [0, 0.1) is 0 Å². The van der Waals surface area contributed by atoms with Crippen LogP contribution in [0.15, 0.2) is 0 Å². The van der Waals surface area contributed by atoms with Gasteiger partial charge in [-0.1, -0.05) is 6.42 Å². The van der Waals surface area contributed by atoms with E-state index < -0.39 is 12.0 Å². The number of carboxylic acid groups (broad SMARTS) is 1. The van der Waals surface area contributed by atoms with Crippen LogP contribution in [0.3, 0.4) is 0 Å². The lowest BCUT2D eigenvalue weighted by Crippen LogP contribution is -2.56. The summed E-state index contributed by atoms with van der Waals surface area (Å²) in [5.41, 5.74) is 0. The first-order valence-electron chi connectivity index (χ1n) is 7.68. The Kier molecular flexibility index (Phi) is 6.17. The van der Waals surface area contributed by atoms with E-state index in [0.717, 1.165) is 25.4 Å². The predicted octanol–water partition coefficient (Wildman–Crippen LogP) is 1.07. The van der Waals surface area contributed by atoms with Gasteiger partial charge in [0, 0.05) is 30.6 Å². The molecule has 2 rings (SSSR count). The number of hydrogen-bond donors (Lipinski definition) is 2. The molecule has 0 bridgehead atoms. The summed E-state index contributed by atoms with van der Waals surface area (Å²) in [7, 11) is 0. The SMILES string of the molecule is CC(CN1CCCCC1)NC(=O)N1CCSCC1C(=O)O. The molecule has 7 heteroatoms. The van der Waals surface area contributed by atoms with Crippen LogP contribution in [0.1, 0.15) is 26.2 Å². The minimum absolute atomic E-state index is 0.0413. The van der Waals surface area contributed by atoms with E-state index in [0.29, 0.717) is 12.3 Å². The van der Waals surface area contributed by atoms with Crippen LogP contribution in [0.25, 0.3) is 0 Å². The van der Waals surface area contributed by atoms with Gasteiger partial charge in [-0.2, -0.15) is 11.8 Å². The summed E-state index contributed by atoms with van der Waals surface area (Å²) >= 11 is 1.59. The molecule has 21 heavy (non-hydrogen) atoms. The molecule has 0 aromatic rings. The lowest BCUT2D eigenvalue weighted by Gasteiger charge is -2.34. The maximum absolute atomic E-state index is 12.3. The Labute approximate surface area is 130 Å². The third-order valence-corrected chi connectivity index (χ3v) is 5.05. The van der Waals surface area contributed by atoms with Crippen molar-refractivity contribution >= 4 is 23.8 Å². The second kappa shape index (κ2) is 7.89. The van der Waals surface area contributed by atoms with Crippen LogP contribution in [-0.4, -0.2) is 76.7 Å². The Bertz CT molecular complexity index is 374. The van der Waals surface area contributed by atoms with Crippen molar-refractivity contribution in [1.29, 1.82) is 0 Å². The van der Waals surface area contributed by atoms with Crippen LogP contribution in [0.4, 0.5) is 4.79 Å². The summed E-state index contributed by atoms with van der Waals surface area (Å²) in [5, 5.41) is 12.2. The normalized spacial score (nSPS) is 25.4. The lowest BCUT2D eigenvalue weighted by atomic mass is 10.1. The van der Waals surface area contributed by atoms with E-state index in [-0.39, 0.29) is 12.1 Å². The molecular weight excluding hydrogens is 290 g/mol. The third-order valence-electron chi connectivity index (χ3n) is 4.03. The fourth-order valence-corrected chi connectivity index (χ4v) is 3.96. The molecule has 0 radical (unpaired) electrons. The number of rotatable bonds is 4. The summed E-state index contributed by atoms with van der Waals surface area (Å²) in [6.07, 6.45) is 3.75. The number of carboxylic acids is 1. The number of thioether (sulfide) groups is 1. The zero-order valence-corrected chi connectivity index (χ0v) is 13.4. The van der Waals surface area contributed by atoms with Crippen LogP contribution in [0.5, 0.6) is 0 Å². The molecule has 2 heterocycles. The van der Waals surface area contributed by atoms with E-state index in [1.807, 2.05) is 6.92 Å². The van der Waals surface area contributed by atoms with Crippen molar-refractivity contribution in [2.75, 3.05) is 37.7 Å². The third kappa shape index (κ3) is 4.78. The Hall–Kier alpha value is -0.950. The largest absolute Gasteiger partial charge is 0.480 e. The number of carbonyl (C=O) groups is 2. The second-order valence-electron chi connectivity index (χ2n) is 5.83. The fourth-order valence-electron chi connectivity index (χ4n) is 2.92. The van der Waals surface area contributed by atoms with Crippen molar-refractivity contribution < 1.29 is 14.7 Å². The van der Waals surface area contributed by atoms with Gasteiger partial charge < -0.3 is 20.2 Å². The average molecular weight is 315 g/mol. The van der Waals surface area contributed by atoms with Crippen LogP contribution < -0.4 is 5.32 Å². The van der Waals surface area contributed by atoms with Gasteiger partial charge in [-0.05, 0) is 32.9 Å². The summed E-state index contributed by atoms with van der Waals surface area (Å²) in [5.74, 6) is 0.363. The van der Waals surface area contributed by atoms with Crippen LogP contribution in [0.2, 0.25) is 0 Å². The van der Waals surface area contributed by atoms with E-state index in [9.17, 15) is 14.7 Å². The molecule has 0 saturated carbocycles. The van der Waals surface area contributed by atoms with E-state index in [2.05, 4.69) is 10.2 Å². The number of nitrogens with one attached hydrogen (secondary N) is 1. The molecule has 0 aromatic heterocycles. The van der Waals surface area contributed by atoms with Gasteiger partial charge >= 0.3 is 12.0 Å². The minimum atomic E-state index is -0.916. The molecule has 2 aliphatic heterocycles. The smallest absolute Gasteiger partial charge is 0.327 e. The first kappa shape index (κ1) is 16.4. The van der Waals surface area contributed by atoms with Gasteiger partial charge in [0.25, 0.3) is 0 Å². The molecule has 0 aromatic carbocycles. The molecule has 2 N–H and O–H groups in total. The number of carbonyl (C=O) groups excluding carboxylic acids is 1. The van der Waals surface area contributed by atoms with Crippen molar-refractivity contribution in [3.63, 3.8) is 0 Å². The van der Waals surface area contributed by atoms with E-state index in [1.165, 1.54) is 24.2 Å². The second-order valence-corrected chi connectivity index (χ2v) is 6.98.